The molecule has 0 rings (SSSR count). The lowest BCUT2D eigenvalue weighted by molar-refractivity contribution is -0.163. The molecule has 0 aromatic rings. The van der Waals surface area contributed by atoms with Crippen LogP contribution in [0.4, 0.5) is 0 Å². The van der Waals surface area contributed by atoms with Crippen LogP contribution in [0.25, 0.3) is 0 Å². The van der Waals surface area contributed by atoms with Gasteiger partial charge in [0.1, 0.15) is 54.9 Å². The summed E-state index contributed by atoms with van der Waals surface area (Å²) in [5.41, 5.74) is 0. The van der Waals surface area contributed by atoms with Crippen molar-refractivity contribution in [3.05, 3.63) is 0 Å². The summed E-state index contributed by atoms with van der Waals surface area (Å²) < 4.78 is 0. The lowest BCUT2D eigenvalue weighted by atomic mass is 10.0. The smallest absolute Gasteiger partial charge is 0.335 e. The average Bonchev–Trinajstić information content (AvgIpc) is 2.84. The number of aliphatic hydroxyl groups is 12. The van der Waals surface area contributed by atoms with Crippen molar-refractivity contribution in [2.24, 2.45) is 0 Å². The first kappa shape index (κ1) is 36.6. The monoisotopic (exact) mass is 508 g/mol. The van der Waals surface area contributed by atoms with Gasteiger partial charge in [0.05, 0.1) is 12.7 Å². The largest absolute Gasteiger partial charge is 0.479 e. The van der Waals surface area contributed by atoms with Gasteiger partial charge in [-0.3, -0.25) is 0 Å². The summed E-state index contributed by atoms with van der Waals surface area (Å²) in [6.45, 7) is 0.553. The van der Waals surface area contributed by atoms with E-state index >= 15 is 0 Å². The number of carboxylic acids is 1. The number of aliphatic carboxylic acids is 1. The third-order valence-corrected chi connectivity index (χ3v) is 3.82. The van der Waals surface area contributed by atoms with Crippen molar-refractivity contribution in [3.63, 3.8) is 0 Å². The average molecular weight is 508 g/mol. The lowest BCUT2D eigenvalue weighted by Crippen LogP contribution is -2.48. The minimum atomic E-state index is -2.25. The Labute approximate surface area is 192 Å². The molecule has 0 saturated heterocycles. The Balaban J connectivity index is -0.000000428. The minimum Gasteiger partial charge on any atom is -0.479 e. The van der Waals surface area contributed by atoms with Gasteiger partial charge in [-0.2, -0.15) is 0 Å². The molecule has 0 aliphatic rings. The maximum absolute atomic E-state index is 10.1. The van der Waals surface area contributed by atoms with E-state index < -0.39 is 79.7 Å². The van der Waals surface area contributed by atoms with Crippen molar-refractivity contribution >= 4 is 24.8 Å². The number of carbonyl (C=O) groups is 4. The Morgan fingerprint density at radius 1 is 0.618 bits per heavy atom. The highest BCUT2D eigenvalue weighted by atomic mass is 16.4. The van der Waals surface area contributed by atoms with E-state index in [-0.39, 0.29) is 18.9 Å². The van der Waals surface area contributed by atoms with Crippen LogP contribution in [0, 0.1) is 0 Å². The summed E-state index contributed by atoms with van der Waals surface area (Å²) in [5, 5.41) is 112. The lowest BCUT2D eigenvalue weighted by Gasteiger charge is -2.21. The molecule has 0 radical (unpaired) electrons. The molecule has 0 aliphatic carbocycles. The molecule has 0 bridgehead atoms. The number of rotatable bonds is 13. The fourth-order valence-electron chi connectivity index (χ4n) is 1.60. The van der Waals surface area contributed by atoms with Crippen molar-refractivity contribution in [2.75, 3.05) is 6.61 Å². The van der Waals surface area contributed by atoms with E-state index in [1.54, 1.807) is 0 Å². The van der Waals surface area contributed by atoms with Crippen LogP contribution in [0.5, 0.6) is 0 Å². The number of hydrogen-bond donors (Lipinski definition) is 13. The first-order valence-electron chi connectivity index (χ1n) is 9.23. The highest BCUT2D eigenvalue weighted by Crippen LogP contribution is 2.04. The first-order chi connectivity index (χ1) is 15.5. The maximum Gasteiger partial charge on any atom is 0.335 e. The summed E-state index contributed by atoms with van der Waals surface area (Å²) in [6, 6.07) is 0. The van der Waals surface area contributed by atoms with Crippen LogP contribution in [-0.4, -0.2) is 165 Å². The Morgan fingerprint density at radius 3 is 1.21 bits per heavy atom. The Bertz CT molecular complexity index is 572. The quantitative estimate of drug-likeness (QED) is 0.103. The molecule has 0 fully saturated rings. The SMILES string of the molecule is CC(O)C(O)C(O)C(O)C=O.O=CC(O)C(O)C(O)C(O)C(=O)O.O=CC(O)C(O)C(O)CO. The van der Waals surface area contributed by atoms with Gasteiger partial charge in [-0.05, 0) is 6.92 Å². The van der Waals surface area contributed by atoms with Gasteiger partial charge in [-0.25, -0.2) is 4.79 Å². The fraction of sp³-hybridized carbons (Fsp3) is 0.765. The van der Waals surface area contributed by atoms with Crippen LogP contribution >= 0.6 is 0 Å². The summed E-state index contributed by atoms with van der Waals surface area (Å²) in [6.07, 6.45) is -18.9. The van der Waals surface area contributed by atoms with Crippen LogP contribution in [0.1, 0.15) is 6.92 Å². The number of aliphatic hydroxyl groups excluding tert-OH is 12. The van der Waals surface area contributed by atoms with Crippen molar-refractivity contribution in [1.29, 1.82) is 0 Å². The number of carbonyl (C=O) groups excluding carboxylic acids is 3. The molecule has 34 heavy (non-hydrogen) atoms. The van der Waals surface area contributed by atoms with Crippen LogP contribution < -0.4 is 0 Å². The first-order valence-corrected chi connectivity index (χ1v) is 9.23. The molecule has 11 atom stereocenters. The molecule has 0 aliphatic heterocycles. The molecule has 17 nitrogen and oxygen atoms in total. The zero-order valence-electron chi connectivity index (χ0n) is 17.7. The van der Waals surface area contributed by atoms with Gasteiger partial charge in [-0.1, -0.05) is 0 Å². The van der Waals surface area contributed by atoms with Gasteiger partial charge >= 0.3 is 5.97 Å². The van der Waals surface area contributed by atoms with Crippen molar-refractivity contribution in [2.45, 2.75) is 74.1 Å². The molecule has 13 N–H and O–H groups in total. The molecule has 11 unspecified atom stereocenters. The normalized spacial score (nSPS) is 20.5. The van der Waals surface area contributed by atoms with Crippen molar-refractivity contribution < 1.29 is 85.6 Å². The van der Waals surface area contributed by atoms with Crippen LogP contribution in [-0.2, 0) is 19.2 Å². The van der Waals surface area contributed by atoms with Gasteiger partial charge in [0.15, 0.2) is 25.0 Å². The van der Waals surface area contributed by atoms with Crippen molar-refractivity contribution in [1.82, 2.24) is 0 Å². The van der Waals surface area contributed by atoms with Crippen LogP contribution in [0.3, 0.4) is 0 Å². The summed E-state index contributed by atoms with van der Waals surface area (Å²) in [4.78, 5) is 39.6. The number of aldehydes is 3. The van der Waals surface area contributed by atoms with E-state index in [0.29, 0.717) is 0 Å². The van der Waals surface area contributed by atoms with E-state index in [1.807, 2.05) is 0 Å². The highest BCUT2D eigenvalue weighted by molar-refractivity contribution is 5.73. The topological polar surface area (TPSA) is 331 Å². The molecule has 0 aromatic heterocycles. The predicted octanol–water partition coefficient (Wildman–Crippen LogP) is -8.38. The molecule has 0 amide bonds. The summed E-state index contributed by atoms with van der Waals surface area (Å²) >= 11 is 0. The third-order valence-electron chi connectivity index (χ3n) is 3.82. The zero-order valence-corrected chi connectivity index (χ0v) is 17.7. The van der Waals surface area contributed by atoms with Gasteiger partial charge in [0.2, 0.25) is 0 Å². The maximum atomic E-state index is 10.1. The van der Waals surface area contributed by atoms with Gasteiger partial charge in [0, 0.05) is 0 Å². The van der Waals surface area contributed by atoms with E-state index in [9.17, 15) is 19.2 Å². The predicted molar refractivity (Wildman–Crippen MR) is 105 cm³/mol. The number of hydrogen-bond acceptors (Lipinski definition) is 16. The van der Waals surface area contributed by atoms with E-state index in [0.717, 1.165) is 0 Å². The Morgan fingerprint density at radius 2 is 0.941 bits per heavy atom. The minimum absolute atomic E-state index is 0.0809. The van der Waals surface area contributed by atoms with E-state index in [2.05, 4.69) is 0 Å². The van der Waals surface area contributed by atoms with Crippen LogP contribution in [0.2, 0.25) is 0 Å². The van der Waals surface area contributed by atoms with E-state index in [4.69, 9.17) is 66.4 Å². The molecule has 202 valence electrons. The second-order valence-corrected chi connectivity index (χ2v) is 6.61. The Kier molecular flexibility index (Phi) is 20.8. The molecule has 0 heterocycles. The van der Waals surface area contributed by atoms with E-state index in [1.165, 1.54) is 6.92 Å². The summed E-state index contributed by atoms with van der Waals surface area (Å²) in [7, 11) is 0. The molecule has 0 saturated carbocycles. The van der Waals surface area contributed by atoms with Gasteiger partial charge in [0.25, 0.3) is 0 Å². The van der Waals surface area contributed by atoms with Gasteiger partial charge in [-0.15, -0.1) is 0 Å². The number of carboxylic acid groups (broad SMARTS) is 1. The second kappa shape index (κ2) is 19.3. The Hall–Kier alpha value is -2.00. The standard InChI is InChI=1S/C6H10O7.C6H12O5.C5H10O5/c7-1-2(8)3(9)4(10)5(11)6(12)13;1-3(8)5(10)6(11)4(9)2-7;6-1-3(8)5(10)4(9)2-7/h1-5,8-11H,(H,12,13);2-6,8-11H,1H3;1,3-5,7-10H,2H2. The molecule has 17 heteroatoms. The summed E-state index contributed by atoms with van der Waals surface area (Å²) in [5.74, 6) is -1.76. The second-order valence-electron chi connectivity index (χ2n) is 6.61. The molecule has 0 spiro atoms. The highest BCUT2D eigenvalue weighted by Gasteiger charge is 2.34. The molecule has 0 aromatic carbocycles. The fourth-order valence-corrected chi connectivity index (χ4v) is 1.60. The van der Waals surface area contributed by atoms with Crippen molar-refractivity contribution in [3.8, 4) is 0 Å². The third kappa shape index (κ3) is 14.3. The van der Waals surface area contributed by atoms with Crippen LogP contribution in [0.15, 0.2) is 0 Å². The molecular weight excluding hydrogens is 476 g/mol. The zero-order chi connectivity index (χ0) is 27.8. The molecular formula is C17H32O17. The van der Waals surface area contributed by atoms with Gasteiger partial charge < -0.3 is 80.8 Å².